The minimum atomic E-state index is -4.00. The van der Waals surface area contributed by atoms with Crippen LogP contribution < -0.4 is 9.88 Å². The summed E-state index contributed by atoms with van der Waals surface area (Å²) in [7, 11) is -0.995. The molecule has 2 aromatic carbocycles. The number of sulfonamides is 1. The molecular weight excluding hydrogens is 402 g/mol. The molecule has 152 valence electrons. The molecule has 0 radical (unpaired) electrons. The van der Waals surface area contributed by atoms with E-state index in [1.165, 1.54) is 37.4 Å². The van der Waals surface area contributed by atoms with Gasteiger partial charge in [-0.05, 0) is 42.0 Å². The summed E-state index contributed by atoms with van der Waals surface area (Å²) in [5, 5.41) is 5.00. The molecule has 0 unspecified atom stereocenters. The molecule has 0 fully saturated rings. The van der Waals surface area contributed by atoms with Crippen molar-refractivity contribution in [3.05, 3.63) is 82.7 Å². The number of rotatable bonds is 6. The molecule has 6 nitrogen and oxygen atoms in total. The molecule has 1 heterocycles. The fourth-order valence-corrected chi connectivity index (χ4v) is 3.47. The van der Waals surface area contributed by atoms with E-state index in [-0.39, 0.29) is 28.1 Å². The van der Waals surface area contributed by atoms with Gasteiger partial charge < -0.3 is 9.30 Å². The van der Waals surface area contributed by atoms with Gasteiger partial charge in [-0.25, -0.2) is 22.3 Å². The second kappa shape index (κ2) is 7.76. The van der Waals surface area contributed by atoms with Crippen molar-refractivity contribution in [1.29, 1.82) is 0 Å². The predicted octanol–water partition coefficient (Wildman–Crippen LogP) is 2.78. The molecule has 0 aliphatic rings. The van der Waals surface area contributed by atoms with Crippen LogP contribution >= 0.6 is 0 Å². The summed E-state index contributed by atoms with van der Waals surface area (Å²) in [4.78, 5) is 12.4. The van der Waals surface area contributed by atoms with Gasteiger partial charge in [0.15, 0.2) is 0 Å². The third-order valence-electron chi connectivity index (χ3n) is 4.60. The van der Waals surface area contributed by atoms with Crippen LogP contribution in [0.5, 0.6) is 5.75 Å². The van der Waals surface area contributed by atoms with Crippen LogP contribution in [-0.4, -0.2) is 25.9 Å². The van der Waals surface area contributed by atoms with Crippen molar-refractivity contribution in [2.45, 2.75) is 11.3 Å². The Morgan fingerprint density at radius 3 is 2.38 bits per heavy atom. The predicted molar refractivity (Wildman–Crippen MR) is 102 cm³/mol. The molecule has 3 rings (SSSR count). The van der Waals surface area contributed by atoms with Gasteiger partial charge in [0.2, 0.25) is 15.8 Å². The van der Waals surface area contributed by atoms with E-state index in [0.29, 0.717) is 11.4 Å². The first-order chi connectivity index (χ1) is 13.6. The average molecular weight is 420 g/mol. The molecule has 0 aliphatic heterocycles. The number of carbonyl (C=O) groups excluding carboxylic acids is 1. The number of methoxy groups -OCH3 is 1. The van der Waals surface area contributed by atoms with Gasteiger partial charge in [0.05, 0.1) is 23.3 Å². The van der Waals surface area contributed by atoms with Gasteiger partial charge in [0.1, 0.15) is 17.4 Å². The third kappa shape index (κ3) is 4.20. The van der Waals surface area contributed by atoms with Crippen LogP contribution in [0, 0.1) is 11.6 Å². The Balaban J connectivity index is 1.89. The Morgan fingerprint density at radius 2 is 1.79 bits per heavy atom. The maximum Gasteiger partial charge on any atom is 0.238 e. The first-order valence-electron chi connectivity index (χ1n) is 8.46. The number of primary sulfonamides is 1. The molecule has 0 amide bonds. The normalized spacial score (nSPS) is 11.5. The zero-order chi connectivity index (χ0) is 21.3. The van der Waals surface area contributed by atoms with Crippen molar-refractivity contribution in [3.63, 3.8) is 0 Å². The van der Waals surface area contributed by atoms with E-state index >= 15 is 0 Å². The third-order valence-corrected chi connectivity index (χ3v) is 5.51. The number of carbonyl (C=O) groups is 1. The van der Waals surface area contributed by atoms with Crippen molar-refractivity contribution in [2.75, 3.05) is 7.11 Å². The van der Waals surface area contributed by atoms with Gasteiger partial charge in [-0.3, -0.25) is 4.79 Å². The van der Waals surface area contributed by atoms with Crippen molar-refractivity contribution < 1.29 is 26.7 Å². The Bertz CT molecular complexity index is 1200. The molecule has 9 heteroatoms. The lowest BCUT2D eigenvalue weighted by atomic mass is 10.1. The zero-order valence-electron chi connectivity index (χ0n) is 15.6. The number of ketones is 1. The molecule has 3 aromatic rings. The lowest BCUT2D eigenvalue weighted by molar-refractivity contribution is 0.102. The molecule has 2 N–H and O–H groups in total. The summed E-state index contributed by atoms with van der Waals surface area (Å²) in [5.74, 6) is -1.66. The summed E-state index contributed by atoms with van der Waals surface area (Å²) in [5.41, 5.74) is 0.936. The van der Waals surface area contributed by atoms with Crippen molar-refractivity contribution in [1.82, 2.24) is 4.57 Å². The van der Waals surface area contributed by atoms with Crippen LogP contribution in [0.15, 0.2) is 53.4 Å². The Labute approximate surface area is 166 Å². The molecular formula is C20H18F2N2O4S. The maximum absolute atomic E-state index is 14.3. The number of ether oxygens (including phenoxy) is 1. The van der Waals surface area contributed by atoms with Crippen molar-refractivity contribution >= 4 is 15.8 Å². The van der Waals surface area contributed by atoms with E-state index < -0.39 is 27.4 Å². The summed E-state index contributed by atoms with van der Waals surface area (Å²) in [6.45, 7) is 0. The van der Waals surface area contributed by atoms with Crippen molar-refractivity contribution in [2.24, 2.45) is 12.2 Å². The van der Waals surface area contributed by atoms with E-state index in [1.54, 1.807) is 17.7 Å². The summed E-state index contributed by atoms with van der Waals surface area (Å²) >= 11 is 0. The Kier molecular flexibility index (Phi) is 5.54. The van der Waals surface area contributed by atoms with E-state index in [9.17, 15) is 22.0 Å². The molecule has 1 aromatic heterocycles. The highest BCUT2D eigenvalue weighted by Crippen LogP contribution is 2.22. The van der Waals surface area contributed by atoms with Gasteiger partial charge in [-0.1, -0.05) is 6.07 Å². The van der Waals surface area contributed by atoms with Gasteiger partial charge in [-0.15, -0.1) is 0 Å². The molecule has 0 spiro atoms. The maximum atomic E-state index is 14.3. The number of halogens is 2. The molecule has 0 aliphatic carbocycles. The second-order valence-electron chi connectivity index (χ2n) is 6.42. The van der Waals surface area contributed by atoms with Gasteiger partial charge in [0, 0.05) is 25.2 Å². The van der Waals surface area contributed by atoms with Crippen LogP contribution in [0.4, 0.5) is 8.78 Å². The topological polar surface area (TPSA) is 91.4 Å². The zero-order valence-corrected chi connectivity index (χ0v) is 16.5. The first-order valence-corrected chi connectivity index (χ1v) is 10.0. The first kappa shape index (κ1) is 20.7. The highest BCUT2D eigenvalue weighted by Gasteiger charge is 2.20. The van der Waals surface area contributed by atoms with E-state index in [0.717, 1.165) is 12.1 Å². The standard InChI is InChI=1S/C20H18F2N2O4S/c1-24-13(9-12-3-6-15(11-17(12)21)29(23,26)27)4-8-19(24)20(25)16-7-5-14(28-2)10-18(16)22/h3-8,10-11H,9H2,1-2H3,(H2,23,26,27). The minimum Gasteiger partial charge on any atom is -0.497 e. The Morgan fingerprint density at radius 1 is 1.07 bits per heavy atom. The van der Waals surface area contributed by atoms with Crippen LogP contribution in [0.1, 0.15) is 27.3 Å². The van der Waals surface area contributed by atoms with E-state index in [1.807, 2.05) is 0 Å². The average Bonchev–Trinajstić information content (AvgIpc) is 3.02. The minimum absolute atomic E-state index is 0.103. The Hall–Kier alpha value is -3.04. The number of nitrogens with zero attached hydrogens (tertiary/aromatic N) is 1. The SMILES string of the molecule is COc1ccc(C(=O)c2ccc(Cc3ccc(S(N)(=O)=O)cc3F)n2C)c(F)c1. The van der Waals surface area contributed by atoms with E-state index in [4.69, 9.17) is 9.88 Å². The lowest BCUT2D eigenvalue weighted by Crippen LogP contribution is -2.13. The van der Waals surface area contributed by atoms with Crippen LogP contribution in [-0.2, 0) is 23.5 Å². The fourth-order valence-electron chi connectivity index (χ4n) is 2.95. The van der Waals surface area contributed by atoms with Crippen LogP contribution in [0.2, 0.25) is 0 Å². The summed E-state index contributed by atoms with van der Waals surface area (Å²) in [6.07, 6.45) is 0.103. The van der Waals surface area contributed by atoms with Crippen LogP contribution in [0.3, 0.4) is 0 Å². The summed E-state index contributed by atoms with van der Waals surface area (Å²) in [6, 6.07) is 10.5. The molecule has 0 saturated carbocycles. The fraction of sp³-hybridized carbons (Fsp3) is 0.150. The highest BCUT2D eigenvalue weighted by atomic mass is 32.2. The largest absolute Gasteiger partial charge is 0.497 e. The molecule has 29 heavy (non-hydrogen) atoms. The summed E-state index contributed by atoms with van der Waals surface area (Å²) < 4.78 is 57.6. The molecule has 0 atom stereocenters. The smallest absolute Gasteiger partial charge is 0.238 e. The van der Waals surface area contributed by atoms with Gasteiger partial charge >= 0.3 is 0 Å². The van der Waals surface area contributed by atoms with Gasteiger partial charge in [-0.2, -0.15) is 0 Å². The van der Waals surface area contributed by atoms with Gasteiger partial charge in [0.25, 0.3) is 0 Å². The number of hydrogen-bond acceptors (Lipinski definition) is 4. The number of aromatic nitrogens is 1. The quantitative estimate of drug-likeness (QED) is 0.621. The highest BCUT2D eigenvalue weighted by molar-refractivity contribution is 7.89. The lowest BCUT2D eigenvalue weighted by Gasteiger charge is -2.10. The van der Waals surface area contributed by atoms with Crippen LogP contribution in [0.25, 0.3) is 0 Å². The monoisotopic (exact) mass is 420 g/mol. The molecule has 0 saturated heterocycles. The number of nitrogens with two attached hydrogens (primary N) is 1. The van der Waals surface area contributed by atoms with Crippen molar-refractivity contribution in [3.8, 4) is 5.75 Å². The molecule has 0 bridgehead atoms. The number of hydrogen-bond donors (Lipinski definition) is 1. The number of benzene rings is 2. The second-order valence-corrected chi connectivity index (χ2v) is 7.98. The van der Waals surface area contributed by atoms with E-state index in [2.05, 4.69) is 0 Å².